The van der Waals surface area contributed by atoms with E-state index in [-0.39, 0.29) is 17.7 Å². The topological polar surface area (TPSA) is 74.9 Å². The van der Waals surface area contributed by atoms with Gasteiger partial charge in [0, 0.05) is 44.7 Å². The predicted octanol–water partition coefficient (Wildman–Crippen LogP) is 1.85. The van der Waals surface area contributed by atoms with Gasteiger partial charge in [-0.2, -0.15) is 0 Å². The van der Waals surface area contributed by atoms with Crippen LogP contribution in [0.25, 0.3) is 0 Å². The number of carbonyl (C=O) groups excluding carboxylic acids is 2. The number of nitrogens with one attached hydrogen (secondary N) is 1. The molecule has 0 aliphatic carbocycles. The normalized spacial score (nSPS) is 25.2. The molecule has 2 amide bonds. The number of piperidine rings is 2. The number of aromatic amines is 1. The van der Waals surface area contributed by atoms with Crippen LogP contribution < -0.4 is 0 Å². The van der Waals surface area contributed by atoms with Crippen molar-refractivity contribution in [1.29, 1.82) is 0 Å². The first-order chi connectivity index (χ1) is 13.0. The van der Waals surface area contributed by atoms with E-state index in [0.29, 0.717) is 45.1 Å². The molecule has 1 aromatic rings. The highest BCUT2D eigenvalue weighted by Crippen LogP contribution is 2.32. The van der Waals surface area contributed by atoms with E-state index in [2.05, 4.69) is 4.98 Å². The fourth-order valence-electron chi connectivity index (χ4n) is 4.58. The summed E-state index contributed by atoms with van der Waals surface area (Å²) < 4.78 is 11.5. The molecule has 1 spiro atoms. The Kier molecular flexibility index (Phi) is 4.99. The molecule has 0 saturated carbocycles. The fourth-order valence-corrected chi connectivity index (χ4v) is 4.58. The lowest BCUT2D eigenvalue weighted by atomic mass is 9.94. The highest BCUT2D eigenvalue weighted by molar-refractivity contribution is 5.94. The van der Waals surface area contributed by atoms with Gasteiger partial charge in [0.05, 0.1) is 19.1 Å². The molecule has 1 atom stereocenters. The maximum Gasteiger partial charge on any atom is 0.270 e. The van der Waals surface area contributed by atoms with Gasteiger partial charge in [-0.25, -0.2) is 0 Å². The highest BCUT2D eigenvalue weighted by atomic mass is 16.7. The first-order valence-electron chi connectivity index (χ1n) is 10.00. The van der Waals surface area contributed by atoms with Gasteiger partial charge in [-0.1, -0.05) is 0 Å². The zero-order valence-corrected chi connectivity index (χ0v) is 16.3. The van der Waals surface area contributed by atoms with E-state index in [9.17, 15) is 9.59 Å². The molecule has 148 valence electrons. The molecule has 4 heterocycles. The second-order valence-electron chi connectivity index (χ2n) is 8.03. The van der Waals surface area contributed by atoms with E-state index >= 15 is 0 Å². The van der Waals surface area contributed by atoms with E-state index in [1.54, 1.807) is 0 Å². The second kappa shape index (κ2) is 7.28. The number of carbonyl (C=O) groups is 2. The van der Waals surface area contributed by atoms with Gasteiger partial charge in [-0.3, -0.25) is 9.59 Å². The van der Waals surface area contributed by atoms with Crippen LogP contribution in [-0.4, -0.2) is 71.8 Å². The third-order valence-corrected chi connectivity index (χ3v) is 6.07. The zero-order valence-electron chi connectivity index (χ0n) is 16.3. The highest BCUT2D eigenvalue weighted by Gasteiger charge is 2.42. The first-order valence-corrected chi connectivity index (χ1v) is 10.00. The average molecular weight is 375 g/mol. The summed E-state index contributed by atoms with van der Waals surface area (Å²) in [6.07, 6.45) is 3.18. The second-order valence-corrected chi connectivity index (χ2v) is 8.03. The Morgan fingerprint density at radius 1 is 1.11 bits per heavy atom. The van der Waals surface area contributed by atoms with Crippen molar-refractivity contribution in [2.24, 2.45) is 5.92 Å². The fraction of sp³-hybridized carbons (Fsp3) is 0.700. The number of hydrogen-bond donors (Lipinski definition) is 1. The van der Waals surface area contributed by atoms with Gasteiger partial charge in [-0.15, -0.1) is 0 Å². The standard InChI is InChI=1S/C20H29N3O4/c1-14-12-15(2)21-17(14)19(25)23-7-3-4-16(13-23)18(24)22-8-5-20(6-9-22)26-10-11-27-20/h12,16,21H,3-11,13H2,1-2H3/t16-/m0/s1. The largest absolute Gasteiger partial charge is 0.354 e. The van der Waals surface area contributed by atoms with Crippen LogP contribution in [0, 0.1) is 19.8 Å². The Bertz CT molecular complexity index is 713. The number of aromatic nitrogens is 1. The molecule has 0 radical (unpaired) electrons. The van der Waals surface area contributed by atoms with Crippen molar-refractivity contribution in [3.63, 3.8) is 0 Å². The molecular formula is C20H29N3O4. The van der Waals surface area contributed by atoms with Crippen molar-refractivity contribution in [3.8, 4) is 0 Å². The predicted molar refractivity (Wildman–Crippen MR) is 99.3 cm³/mol. The van der Waals surface area contributed by atoms with Crippen molar-refractivity contribution in [3.05, 3.63) is 23.0 Å². The van der Waals surface area contributed by atoms with Gasteiger partial charge in [0.25, 0.3) is 5.91 Å². The quantitative estimate of drug-likeness (QED) is 0.856. The lowest BCUT2D eigenvalue weighted by molar-refractivity contribution is -0.188. The summed E-state index contributed by atoms with van der Waals surface area (Å²) >= 11 is 0. The minimum atomic E-state index is -0.464. The van der Waals surface area contributed by atoms with E-state index < -0.39 is 5.79 Å². The average Bonchev–Trinajstić information content (AvgIpc) is 3.27. The van der Waals surface area contributed by atoms with Gasteiger partial charge in [0.1, 0.15) is 5.69 Å². The number of amides is 2. The van der Waals surface area contributed by atoms with Crippen LogP contribution in [0.5, 0.6) is 0 Å². The van der Waals surface area contributed by atoms with Crippen LogP contribution in [0.15, 0.2) is 6.07 Å². The van der Waals surface area contributed by atoms with E-state index in [0.717, 1.165) is 36.9 Å². The molecule has 0 unspecified atom stereocenters. The molecule has 27 heavy (non-hydrogen) atoms. The molecule has 0 bridgehead atoms. The molecular weight excluding hydrogens is 346 g/mol. The third kappa shape index (κ3) is 3.62. The van der Waals surface area contributed by atoms with Gasteiger partial charge >= 0.3 is 0 Å². The summed E-state index contributed by atoms with van der Waals surface area (Å²) in [6, 6.07) is 1.98. The molecule has 4 rings (SSSR count). The Hall–Kier alpha value is -1.86. The monoisotopic (exact) mass is 375 g/mol. The number of nitrogens with zero attached hydrogens (tertiary/aromatic N) is 2. The van der Waals surface area contributed by atoms with E-state index in [1.165, 1.54) is 0 Å². The number of hydrogen-bond acceptors (Lipinski definition) is 4. The number of H-pyrrole nitrogens is 1. The lowest BCUT2D eigenvalue weighted by Crippen LogP contribution is -2.52. The number of likely N-dealkylation sites (tertiary alicyclic amines) is 2. The van der Waals surface area contributed by atoms with Crippen LogP contribution in [0.3, 0.4) is 0 Å². The van der Waals surface area contributed by atoms with E-state index in [1.807, 2.05) is 29.7 Å². The van der Waals surface area contributed by atoms with Gasteiger partial charge in [0.2, 0.25) is 5.91 Å². The molecule has 0 aromatic carbocycles. The Labute approximate surface area is 160 Å². The zero-order chi connectivity index (χ0) is 19.0. The van der Waals surface area contributed by atoms with Gasteiger partial charge < -0.3 is 24.3 Å². The third-order valence-electron chi connectivity index (χ3n) is 6.07. The van der Waals surface area contributed by atoms with Crippen LogP contribution in [-0.2, 0) is 14.3 Å². The minimum absolute atomic E-state index is 0.00320. The number of aryl methyl sites for hydroxylation is 2. The molecule has 3 aliphatic heterocycles. The van der Waals surface area contributed by atoms with Crippen LogP contribution in [0.4, 0.5) is 0 Å². The van der Waals surface area contributed by atoms with Crippen molar-refractivity contribution in [1.82, 2.24) is 14.8 Å². The summed E-state index contributed by atoms with van der Waals surface area (Å²) in [4.78, 5) is 32.8. The molecule has 7 nitrogen and oxygen atoms in total. The minimum Gasteiger partial charge on any atom is -0.354 e. The molecule has 3 saturated heterocycles. The van der Waals surface area contributed by atoms with Crippen LogP contribution in [0.1, 0.15) is 47.4 Å². The van der Waals surface area contributed by atoms with Crippen LogP contribution in [0.2, 0.25) is 0 Å². The number of ether oxygens (including phenoxy) is 2. The SMILES string of the molecule is Cc1cc(C)c(C(=O)N2CCC[C@H](C(=O)N3CCC4(CC3)OCCO4)C2)[nH]1. The summed E-state index contributed by atoms with van der Waals surface area (Å²) in [5.74, 6) is -0.407. The van der Waals surface area contributed by atoms with Crippen molar-refractivity contribution in [2.45, 2.75) is 45.3 Å². The van der Waals surface area contributed by atoms with Gasteiger partial charge in [-0.05, 0) is 38.3 Å². The van der Waals surface area contributed by atoms with Crippen molar-refractivity contribution < 1.29 is 19.1 Å². The summed E-state index contributed by atoms with van der Waals surface area (Å²) in [5.41, 5.74) is 2.60. The Balaban J connectivity index is 1.37. The molecule has 3 fully saturated rings. The van der Waals surface area contributed by atoms with Crippen molar-refractivity contribution in [2.75, 3.05) is 39.4 Å². The molecule has 1 aromatic heterocycles. The smallest absolute Gasteiger partial charge is 0.270 e. The maximum atomic E-state index is 13.0. The Morgan fingerprint density at radius 2 is 1.81 bits per heavy atom. The molecule has 7 heteroatoms. The van der Waals surface area contributed by atoms with Crippen molar-refractivity contribution >= 4 is 11.8 Å². The summed E-state index contributed by atoms with van der Waals surface area (Å²) in [7, 11) is 0. The first kappa shape index (κ1) is 18.5. The molecule has 1 N–H and O–H groups in total. The van der Waals surface area contributed by atoms with Crippen LogP contribution >= 0.6 is 0 Å². The van der Waals surface area contributed by atoms with Gasteiger partial charge in [0.15, 0.2) is 5.79 Å². The summed E-state index contributed by atoms with van der Waals surface area (Å²) in [5, 5.41) is 0. The Morgan fingerprint density at radius 3 is 2.44 bits per heavy atom. The van der Waals surface area contributed by atoms with E-state index in [4.69, 9.17) is 9.47 Å². The number of rotatable bonds is 2. The summed E-state index contributed by atoms with van der Waals surface area (Å²) in [6.45, 7) is 7.73. The lowest BCUT2D eigenvalue weighted by Gasteiger charge is -2.40. The maximum absolute atomic E-state index is 13.0. The molecule has 3 aliphatic rings.